The van der Waals surface area contributed by atoms with Crippen molar-refractivity contribution in [3.63, 3.8) is 0 Å². The maximum absolute atomic E-state index is 12.7. The summed E-state index contributed by atoms with van der Waals surface area (Å²) in [5.74, 6) is 0.0783. The molecule has 134 valence electrons. The number of ether oxygens (including phenoxy) is 1. The highest BCUT2D eigenvalue weighted by atomic mass is 32.2. The van der Waals surface area contributed by atoms with Crippen LogP contribution in [-0.4, -0.2) is 21.4 Å². The average Bonchev–Trinajstić information content (AvgIpc) is 2.54. The lowest BCUT2D eigenvalue weighted by Gasteiger charge is -2.16. The van der Waals surface area contributed by atoms with E-state index in [1.54, 1.807) is 6.92 Å². The van der Waals surface area contributed by atoms with Crippen LogP contribution < -0.4 is 14.8 Å². The molecule has 2 aromatic rings. The Hall–Kier alpha value is -2.38. The van der Waals surface area contributed by atoms with E-state index < -0.39 is 16.1 Å². The second-order valence-electron chi connectivity index (χ2n) is 5.80. The number of anilines is 1. The number of sulfonamides is 1. The molecule has 0 aliphatic carbocycles. The van der Waals surface area contributed by atoms with Crippen LogP contribution in [0.25, 0.3) is 0 Å². The van der Waals surface area contributed by atoms with Crippen LogP contribution in [0, 0.1) is 6.92 Å². The molecule has 7 heteroatoms. The fourth-order valence-corrected chi connectivity index (χ4v) is 3.62. The summed E-state index contributed by atoms with van der Waals surface area (Å²) in [5, 5.41) is 2.57. The molecule has 0 fully saturated rings. The van der Waals surface area contributed by atoms with Gasteiger partial charge in [-0.15, -0.1) is 0 Å². The van der Waals surface area contributed by atoms with Crippen molar-refractivity contribution in [1.29, 1.82) is 0 Å². The van der Waals surface area contributed by atoms with Crippen LogP contribution in [0.1, 0.15) is 31.0 Å². The Morgan fingerprint density at radius 2 is 1.76 bits per heavy atom. The monoisotopic (exact) mass is 362 g/mol. The van der Waals surface area contributed by atoms with Crippen molar-refractivity contribution in [1.82, 2.24) is 4.72 Å². The summed E-state index contributed by atoms with van der Waals surface area (Å²) in [6, 6.07) is 11.6. The van der Waals surface area contributed by atoms with Gasteiger partial charge in [-0.1, -0.05) is 29.8 Å². The van der Waals surface area contributed by atoms with Crippen LogP contribution in [0.15, 0.2) is 47.4 Å². The fourth-order valence-electron chi connectivity index (χ4n) is 2.37. The summed E-state index contributed by atoms with van der Waals surface area (Å²) in [4.78, 5) is 11.4. The minimum Gasteiger partial charge on any atom is -0.495 e. The van der Waals surface area contributed by atoms with Crippen molar-refractivity contribution in [2.75, 3.05) is 12.4 Å². The predicted molar refractivity (Wildman–Crippen MR) is 97.2 cm³/mol. The van der Waals surface area contributed by atoms with E-state index in [0.717, 1.165) is 11.1 Å². The molecule has 0 aromatic heterocycles. The summed E-state index contributed by atoms with van der Waals surface area (Å²) in [6.07, 6.45) is 0. The standard InChI is InChI=1S/C18H22N2O4S/c1-12-5-7-15(8-6-12)13(2)20-25(22,23)16-9-10-18(24-4)17(11-16)19-14(3)21/h5-11,13,20H,1-4H3,(H,19,21). The normalized spacial score (nSPS) is 12.5. The van der Waals surface area contributed by atoms with Crippen molar-refractivity contribution in [2.45, 2.75) is 31.7 Å². The van der Waals surface area contributed by atoms with E-state index in [4.69, 9.17) is 4.74 Å². The van der Waals surface area contributed by atoms with Gasteiger partial charge in [-0.05, 0) is 37.6 Å². The van der Waals surface area contributed by atoms with E-state index in [2.05, 4.69) is 10.0 Å². The highest BCUT2D eigenvalue weighted by molar-refractivity contribution is 7.89. The largest absolute Gasteiger partial charge is 0.495 e. The number of rotatable bonds is 6. The Kier molecular flexibility index (Phi) is 5.81. The van der Waals surface area contributed by atoms with Crippen LogP contribution in [0.3, 0.4) is 0 Å². The molecule has 2 rings (SSSR count). The van der Waals surface area contributed by atoms with Crippen molar-refractivity contribution < 1.29 is 17.9 Å². The topological polar surface area (TPSA) is 84.5 Å². The molecule has 1 amide bonds. The molecular weight excluding hydrogens is 340 g/mol. The average molecular weight is 362 g/mol. The lowest BCUT2D eigenvalue weighted by Crippen LogP contribution is -2.27. The Labute approximate surface area is 148 Å². The molecular formula is C18H22N2O4S. The molecule has 0 spiro atoms. The third-order valence-electron chi connectivity index (χ3n) is 3.70. The van der Waals surface area contributed by atoms with E-state index in [-0.39, 0.29) is 10.8 Å². The molecule has 25 heavy (non-hydrogen) atoms. The second kappa shape index (κ2) is 7.67. The van der Waals surface area contributed by atoms with E-state index >= 15 is 0 Å². The summed E-state index contributed by atoms with van der Waals surface area (Å²) in [5.41, 5.74) is 2.28. The summed E-state index contributed by atoms with van der Waals surface area (Å²) < 4.78 is 33.1. The summed E-state index contributed by atoms with van der Waals surface area (Å²) in [6.45, 7) is 5.10. The van der Waals surface area contributed by atoms with Gasteiger partial charge in [0.25, 0.3) is 0 Å². The summed E-state index contributed by atoms with van der Waals surface area (Å²) in [7, 11) is -2.31. The Bertz CT molecular complexity index is 861. The molecule has 0 aliphatic rings. The molecule has 0 heterocycles. The number of amides is 1. The number of nitrogens with one attached hydrogen (secondary N) is 2. The Morgan fingerprint density at radius 3 is 2.32 bits per heavy atom. The van der Waals surface area contributed by atoms with Crippen LogP contribution >= 0.6 is 0 Å². The Morgan fingerprint density at radius 1 is 1.12 bits per heavy atom. The first kappa shape index (κ1) is 19.0. The van der Waals surface area contributed by atoms with Crippen LogP contribution in [0.4, 0.5) is 5.69 Å². The van der Waals surface area contributed by atoms with Crippen molar-refractivity contribution in [3.05, 3.63) is 53.6 Å². The minimum atomic E-state index is -3.76. The van der Waals surface area contributed by atoms with Crippen LogP contribution in [-0.2, 0) is 14.8 Å². The van der Waals surface area contributed by atoms with E-state index in [1.165, 1.54) is 32.2 Å². The number of benzene rings is 2. The van der Waals surface area contributed by atoms with Gasteiger partial charge in [0.2, 0.25) is 15.9 Å². The van der Waals surface area contributed by atoms with Crippen LogP contribution in [0.5, 0.6) is 5.75 Å². The van der Waals surface area contributed by atoms with Gasteiger partial charge in [0.15, 0.2) is 0 Å². The van der Waals surface area contributed by atoms with Gasteiger partial charge in [-0.25, -0.2) is 13.1 Å². The summed E-state index contributed by atoms with van der Waals surface area (Å²) >= 11 is 0. The van der Waals surface area contributed by atoms with Crippen molar-refractivity contribution in [2.24, 2.45) is 0 Å². The smallest absolute Gasteiger partial charge is 0.241 e. The van der Waals surface area contributed by atoms with Gasteiger partial charge in [0, 0.05) is 13.0 Å². The molecule has 0 bridgehead atoms. The molecule has 0 saturated heterocycles. The number of carbonyl (C=O) groups is 1. The molecule has 2 aromatic carbocycles. The van der Waals surface area contributed by atoms with E-state index in [0.29, 0.717) is 11.4 Å². The van der Waals surface area contributed by atoms with Gasteiger partial charge in [-0.2, -0.15) is 0 Å². The SMILES string of the molecule is COc1ccc(S(=O)(=O)NC(C)c2ccc(C)cc2)cc1NC(C)=O. The number of aryl methyl sites for hydroxylation is 1. The first-order chi connectivity index (χ1) is 11.7. The highest BCUT2D eigenvalue weighted by Gasteiger charge is 2.20. The first-order valence-electron chi connectivity index (χ1n) is 7.77. The second-order valence-corrected chi connectivity index (χ2v) is 7.51. The lowest BCUT2D eigenvalue weighted by atomic mass is 10.1. The number of hydrogen-bond donors (Lipinski definition) is 2. The van der Waals surface area contributed by atoms with Crippen molar-refractivity contribution in [3.8, 4) is 5.75 Å². The van der Waals surface area contributed by atoms with Crippen molar-refractivity contribution >= 4 is 21.6 Å². The molecule has 0 saturated carbocycles. The van der Waals surface area contributed by atoms with Gasteiger partial charge in [0.05, 0.1) is 17.7 Å². The van der Waals surface area contributed by atoms with Gasteiger partial charge in [-0.3, -0.25) is 4.79 Å². The van der Waals surface area contributed by atoms with E-state index in [1.807, 2.05) is 31.2 Å². The zero-order valence-corrected chi connectivity index (χ0v) is 15.5. The van der Waals surface area contributed by atoms with Gasteiger partial charge >= 0.3 is 0 Å². The first-order valence-corrected chi connectivity index (χ1v) is 9.26. The van der Waals surface area contributed by atoms with Crippen LogP contribution in [0.2, 0.25) is 0 Å². The molecule has 0 radical (unpaired) electrons. The Balaban J connectivity index is 2.29. The molecule has 0 aliphatic heterocycles. The maximum Gasteiger partial charge on any atom is 0.241 e. The predicted octanol–water partition coefficient (Wildman–Crippen LogP) is 3.00. The molecule has 6 nitrogen and oxygen atoms in total. The van der Waals surface area contributed by atoms with Gasteiger partial charge < -0.3 is 10.1 Å². The number of carbonyl (C=O) groups excluding carboxylic acids is 1. The maximum atomic E-state index is 12.7. The zero-order chi connectivity index (χ0) is 18.6. The molecule has 1 atom stereocenters. The number of methoxy groups -OCH3 is 1. The quantitative estimate of drug-likeness (QED) is 0.827. The zero-order valence-electron chi connectivity index (χ0n) is 14.7. The van der Waals surface area contributed by atoms with E-state index in [9.17, 15) is 13.2 Å². The highest BCUT2D eigenvalue weighted by Crippen LogP contribution is 2.28. The third-order valence-corrected chi connectivity index (χ3v) is 5.24. The lowest BCUT2D eigenvalue weighted by molar-refractivity contribution is -0.114. The third kappa shape index (κ3) is 4.80. The van der Waals surface area contributed by atoms with Gasteiger partial charge in [0.1, 0.15) is 5.75 Å². The number of hydrogen-bond acceptors (Lipinski definition) is 4. The molecule has 1 unspecified atom stereocenters. The molecule has 2 N–H and O–H groups in total. The fraction of sp³-hybridized carbons (Fsp3) is 0.278. The minimum absolute atomic E-state index is 0.0519.